The van der Waals surface area contributed by atoms with Crippen molar-refractivity contribution >= 4 is 16.9 Å². The summed E-state index contributed by atoms with van der Waals surface area (Å²) in [7, 11) is 0. The fourth-order valence-corrected chi connectivity index (χ4v) is 3.35. The van der Waals surface area contributed by atoms with E-state index >= 15 is 0 Å². The van der Waals surface area contributed by atoms with Crippen LogP contribution in [0.3, 0.4) is 0 Å². The summed E-state index contributed by atoms with van der Waals surface area (Å²) in [5.41, 5.74) is 7.35. The largest absolute Gasteiger partial charge is 0.464 e. The Morgan fingerprint density at radius 1 is 1.38 bits per heavy atom. The van der Waals surface area contributed by atoms with Gasteiger partial charge in [0.2, 0.25) is 5.82 Å². The molecule has 7 heteroatoms. The molecule has 2 aromatic heterocycles. The van der Waals surface area contributed by atoms with Gasteiger partial charge in [-0.2, -0.15) is 0 Å². The maximum atomic E-state index is 11.2. The van der Waals surface area contributed by atoms with Gasteiger partial charge in [-0.25, -0.2) is 9.67 Å². The molecule has 0 saturated carbocycles. The molecule has 0 spiro atoms. The van der Waals surface area contributed by atoms with Crippen molar-refractivity contribution in [2.45, 2.75) is 25.4 Å². The van der Waals surface area contributed by atoms with Crippen LogP contribution in [0, 0.1) is 0 Å². The summed E-state index contributed by atoms with van der Waals surface area (Å²) in [6.07, 6.45) is 5.53. The topological polar surface area (TPSA) is 90.2 Å². The van der Waals surface area contributed by atoms with Crippen molar-refractivity contribution in [2.75, 3.05) is 13.1 Å². The van der Waals surface area contributed by atoms with Gasteiger partial charge in [-0.15, -0.1) is 5.10 Å². The van der Waals surface area contributed by atoms with Crippen LogP contribution in [0.2, 0.25) is 0 Å². The van der Waals surface area contributed by atoms with Crippen molar-refractivity contribution in [1.29, 1.82) is 0 Å². The lowest BCUT2D eigenvalue weighted by atomic mass is 10.0. The second-order valence-electron chi connectivity index (χ2n) is 6.20. The molecule has 3 aromatic rings. The van der Waals surface area contributed by atoms with E-state index < -0.39 is 5.91 Å². The Balaban J connectivity index is 1.49. The van der Waals surface area contributed by atoms with Crippen LogP contribution in [0.5, 0.6) is 0 Å². The number of carbonyl (C=O) groups is 1. The number of nitrogens with zero attached hydrogens (tertiary/aromatic N) is 4. The first-order valence-corrected chi connectivity index (χ1v) is 8.09. The molecule has 1 saturated heterocycles. The summed E-state index contributed by atoms with van der Waals surface area (Å²) in [4.78, 5) is 17.5. The molecule has 0 radical (unpaired) electrons. The van der Waals surface area contributed by atoms with Gasteiger partial charge >= 0.3 is 0 Å². The second-order valence-corrected chi connectivity index (χ2v) is 6.20. The lowest BCUT2D eigenvalue weighted by molar-refractivity contribution is 0.0989. The van der Waals surface area contributed by atoms with Gasteiger partial charge in [0.25, 0.3) is 5.91 Å². The van der Waals surface area contributed by atoms with Crippen LogP contribution in [0.1, 0.15) is 35.1 Å². The smallest absolute Gasteiger partial charge is 0.288 e. The minimum atomic E-state index is -0.591. The fraction of sp³-hybridized carbons (Fsp3) is 0.353. The maximum Gasteiger partial charge on any atom is 0.288 e. The van der Waals surface area contributed by atoms with E-state index in [1.807, 2.05) is 24.5 Å². The molecule has 2 N–H and O–H groups in total. The van der Waals surface area contributed by atoms with Crippen LogP contribution in [-0.2, 0) is 6.54 Å². The van der Waals surface area contributed by atoms with Crippen LogP contribution >= 0.6 is 0 Å². The van der Waals surface area contributed by atoms with Gasteiger partial charge in [0.05, 0.1) is 12.3 Å². The van der Waals surface area contributed by atoms with E-state index in [-0.39, 0.29) is 11.9 Å². The zero-order valence-electron chi connectivity index (χ0n) is 13.3. The first-order chi connectivity index (χ1) is 11.7. The van der Waals surface area contributed by atoms with E-state index in [0.29, 0.717) is 0 Å². The number of benzene rings is 1. The number of primary amides is 1. The lowest BCUT2D eigenvalue weighted by Crippen LogP contribution is -2.36. The number of fused-ring (bicyclic) bond motifs is 1. The standard InChI is InChI=1S/C17H19N5O2/c18-16(23)17-19-11-22(20-17)13-4-3-7-21(9-13)8-12-10-24-15-6-2-1-5-14(12)15/h1-2,5-6,10-11,13H,3-4,7-9H2,(H2,18,23)/t13-/m0/s1. The molecule has 0 bridgehead atoms. The number of furan rings is 1. The van der Waals surface area contributed by atoms with Crippen LogP contribution in [0.4, 0.5) is 0 Å². The molecule has 0 unspecified atom stereocenters. The molecule has 0 aliphatic carbocycles. The third-order valence-corrected chi connectivity index (χ3v) is 4.54. The number of hydrogen-bond acceptors (Lipinski definition) is 5. The zero-order chi connectivity index (χ0) is 16.5. The van der Waals surface area contributed by atoms with Gasteiger partial charge in [-0.05, 0) is 25.5 Å². The monoisotopic (exact) mass is 325 g/mol. The third kappa shape index (κ3) is 2.78. The summed E-state index contributed by atoms with van der Waals surface area (Å²) < 4.78 is 7.39. The van der Waals surface area contributed by atoms with E-state index in [9.17, 15) is 4.79 Å². The Bertz CT molecular complexity index is 869. The summed E-state index contributed by atoms with van der Waals surface area (Å²) in [6.45, 7) is 2.74. The summed E-state index contributed by atoms with van der Waals surface area (Å²) in [6, 6.07) is 8.29. The van der Waals surface area contributed by atoms with Crippen LogP contribution in [-0.4, -0.2) is 38.7 Å². The molecule has 1 aliphatic rings. The summed E-state index contributed by atoms with van der Waals surface area (Å²) in [5.74, 6) is -0.515. The first kappa shape index (κ1) is 14.9. The average molecular weight is 325 g/mol. The Morgan fingerprint density at radius 2 is 2.25 bits per heavy atom. The average Bonchev–Trinajstić information content (AvgIpc) is 3.23. The van der Waals surface area contributed by atoms with Crippen molar-refractivity contribution in [2.24, 2.45) is 5.73 Å². The highest BCUT2D eigenvalue weighted by atomic mass is 16.3. The third-order valence-electron chi connectivity index (χ3n) is 4.54. The molecular formula is C17H19N5O2. The Labute approximate surface area is 139 Å². The highest BCUT2D eigenvalue weighted by Crippen LogP contribution is 2.26. The van der Waals surface area contributed by atoms with E-state index in [2.05, 4.69) is 21.0 Å². The number of para-hydroxylation sites is 1. The molecule has 7 nitrogen and oxygen atoms in total. The number of rotatable bonds is 4. The van der Waals surface area contributed by atoms with Crippen molar-refractivity contribution in [3.63, 3.8) is 0 Å². The normalized spacial score (nSPS) is 18.9. The van der Waals surface area contributed by atoms with E-state index in [1.54, 1.807) is 11.0 Å². The maximum absolute atomic E-state index is 11.2. The van der Waals surface area contributed by atoms with E-state index in [4.69, 9.17) is 10.2 Å². The highest BCUT2D eigenvalue weighted by Gasteiger charge is 2.23. The quantitative estimate of drug-likeness (QED) is 0.792. The number of nitrogens with two attached hydrogens (primary N) is 1. The molecule has 3 heterocycles. The number of piperidine rings is 1. The van der Waals surface area contributed by atoms with E-state index in [1.165, 1.54) is 5.56 Å². The number of amides is 1. The van der Waals surface area contributed by atoms with Crippen molar-refractivity contribution in [3.05, 3.63) is 48.2 Å². The van der Waals surface area contributed by atoms with Gasteiger partial charge in [-0.3, -0.25) is 9.69 Å². The first-order valence-electron chi connectivity index (χ1n) is 8.09. The number of likely N-dealkylation sites (tertiary alicyclic amines) is 1. The molecule has 1 aliphatic heterocycles. The van der Waals surface area contributed by atoms with Gasteiger partial charge < -0.3 is 10.2 Å². The van der Waals surface area contributed by atoms with E-state index in [0.717, 1.165) is 43.4 Å². The van der Waals surface area contributed by atoms with Crippen molar-refractivity contribution < 1.29 is 9.21 Å². The van der Waals surface area contributed by atoms with Gasteiger partial charge in [0, 0.05) is 24.0 Å². The van der Waals surface area contributed by atoms with Crippen LogP contribution in [0.25, 0.3) is 11.0 Å². The summed E-state index contributed by atoms with van der Waals surface area (Å²) in [5, 5.41) is 5.36. The van der Waals surface area contributed by atoms with Gasteiger partial charge in [0.15, 0.2) is 0 Å². The molecule has 1 atom stereocenters. The molecule has 24 heavy (non-hydrogen) atoms. The van der Waals surface area contributed by atoms with Crippen molar-refractivity contribution in [1.82, 2.24) is 19.7 Å². The molecular weight excluding hydrogens is 306 g/mol. The Morgan fingerprint density at radius 3 is 3.08 bits per heavy atom. The van der Waals surface area contributed by atoms with Crippen LogP contribution < -0.4 is 5.73 Å². The zero-order valence-corrected chi connectivity index (χ0v) is 13.3. The fourth-order valence-electron chi connectivity index (χ4n) is 3.35. The number of hydrogen-bond donors (Lipinski definition) is 1. The summed E-state index contributed by atoms with van der Waals surface area (Å²) >= 11 is 0. The predicted octanol–water partition coefficient (Wildman–Crippen LogP) is 1.96. The highest BCUT2D eigenvalue weighted by molar-refractivity contribution is 5.88. The molecule has 124 valence electrons. The lowest BCUT2D eigenvalue weighted by Gasteiger charge is -2.32. The Hall–Kier alpha value is -2.67. The van der Waals surface area contributed by atoms with Gasteiger partial charge in [0.1, 0.15) is 11.9 Å². The second kappa shape index (κ2) is 6.09. The molecule has 1 aromatic carbocycles. The minimum Gasteiger partial charge on any atom is -0.464 e. The SMILES string of the molecule is NC(=O)c1ncn([C@H]2CCCN(Cc3coc4ccccc34)C2)n1. The molecule has 1 amide bonds. The number of carbonyl (C=O) groups excluding carboxylic acids is 1. The predicted molar refractivity (Wildman–Crippen MR) is 88.3 cm³/mol. The van der Waals surface area contributed by atoms with Crippen molar-refractivity contribution in [3.8, 4) is 0 Å². The van der Waals surface area contributed by atoms with Crippen LogP contribution in [0.15, 0.2) is 41.3 Å². The van der Waals surface area contributed by atoms with Gasteiger partial charge in [-0.1, -0.05) is 18.2 Å². The number of aromatic nitrogens is 3. The minimum absolute atomic E-state index is 0.0768. The Kier molecular flexibility index (Phi) is 3.78. The molecule has 4 rings (SSSR count). The molecule has 1 fully saturated rings.